The van der Waals surface area contributed by atoms with E-state index >= 15 is 0 Å². The average molecular weight is 464 g/mol. The molecule has 0 unspecified atom stereocenters. The van der Waals surface area contributed by atoms with Gasteiger partial charge in [-0.05, 0) is 30.4 Å². The maximum Gasteiger partial charge on any atom is 0.222 e. The van der Waals surface area contributed by atoms with Crippen LogP contribution in [-0.4, -0.2) is 38.3 Å². The summed E-state index contributed by atoms with van der Waals surface area (Å²) in [6.07, 6.45) is 2.09. The summed E-state index contributed by atoms with van der Waals surface area (Å²) in [5, 5.41) is 9.38. The van der Waals surface area contributed by atoms with Crippen LogP contribution in [0, 0.1) is 12.8 Å². The van der Waals surface area contributed by atoms with Crippen LogP contribution in [0.25, 0.3) is 0 Å². The Morgan fingerprint density at radius 2 is 1.88 bits per heavy atom. The minimum Gasteiger partial charge on any atom is -0.355 e. The van der Waals surface area contributed by atoms with E-state index in [1.165, 1.54) is 16.0 Å². The molecule has 0 heterocycles. The van der Waals surface area contributed by atoms with E-state index in [2.05, 4.69) is 52.3 Å². The highest BCUT2D eigenvalue weighted by Gasteiger charge is 2.06. The van der Waals surface area contributed by atoms with Crippen molar-refractivity contribution in [3.8, 4) is 0 Å². The maximum atomic E-state index is 11.5. The number of benzene rings is 1. The first-order valence-corrected chi connectivity index (χ1v) is 9.06. The number of hydrogen-bond donors (Lipinski definition) is 3. The molecular formula is C17H29IN4OS. The first-order chi connectivity index (χ1) is 11.0. The normalized spacial score (nSPS) is 11.0. The lowest BCUT2D eigenvalue weighted by atomic mass is 10.1. The molecule has 136 valence electrons. The van der Waals surface area contributed by atoms with Crippen molar-refractivity contribution < 1.29 is 4.79 Å². The molecule has 1 aromatic rings. The highest BCUT2D eigenvalue weighted by Crippen LogP contribution is 2.21. The summed E-state index contributed by atoms with van der Waals surface area (Å²) in [5.74, 6) is 0.814. The molecule has 0 aromatic heterocycles. The molecule has 0 bridgehead atoms. The van der Waals surface area contributed by atoms with E-state index in [-0.39, 0.29) is 35.8 Å². The number of carbonyl (C=O) groups is 1. The number of halogens is 1. The van der Waals surface area contributed by atoms with Gasteiger partial charge < -0.3 is 16.0 Å². The number of carbonyl (C=O) groups excluding carboxylic acids is 1. The van der Waals surface area contributed by atoms with Gasteiger partial charge in [-0.2, -0.15) is 0 Å². The molecule has 1 amide bonds. The third-order valence-corrected chi connectivity index (χ3v) is 4.17. The molecule has 0 aliphatic heterocycles. The van der Waals surface area contributed by atoms with Crippen molar-refractivity contribution in [2.75, 3.05) is 26.4 Å². The number of nitrogens with one attached hydrogen (secondary N) is 3. The van der Waals surface area contributed by atoms with Crippen molar-refractivity contribution in [2.45, 2.75) is 32.2 Å². The molecule has 7 heteroatoms. The molecule has 0 fully saturated rings. The van der Waals surface area contributed by atoms with Gasteiger partial charge in [-0.3, -0.25) is 9.79 Å². The summed E-state index contributed by atoms with van der Waals surface area (Å²) in [5.41, 5.74) is 2.51. The Morgan fingerprint density at radius 1 is 1.21 bits per heavy atom. The quantitative estimate of drug-likeness (QED) is 0.191. The predicted octanol–water partition coefficient (Wildman–Crippen LogP) is 2.77. The van der Waals surface area contributed by atoms with E-state index < -0.39 is 0 Å². The van der Waals surface area contributed by atoms with Gasteiger partial charge in [-0.1, -0.05) is 26.0 Å². The summed E-state index contributed by atoms with van der Waals surface area (Å²) in [7, 11) is 1.74. The van der Waals surface area contributed by atoms with Gasteiger partial charge in [-0.25, -0.2) is 0 Å². The molecule has 3 N–H and O–H groups in total. The SMILES string of the molecule is CN=C(NCCNC(=O)C(C)C)NCc1ccc(C)cc1SC.I. The summed E-state index contributed by atoms with van der Waals surface area (Å²) in [6, 6.07) is 6.46. The molecule has 0 atom stereocenters. The van der Waals surface area contributed by atoms with Gasteiger partial charge in [0.1, 0.15) is 0 Å². The van der Waals surface area contributed by atoms with Crippen LogP contribution >= 0.6 is 35.7 Å². The lowest BCUT2D eigenvalue weighted by Crippen LogP contribution is -2.41. The van der Waals surface area contributed by atoms with Crippen molar-refractivity contribution >= 4 is 47.6 Å². The third-order valence-electron chi connectivity index (χ3n) is 3.35. The van der Waals surface area contributed by atoms with Crippen molar-refractivity contribution in [1.82, 2.24) is 16.0 Å². The summed E-state index contributed by atoms with van der Waals surface area (Å²) in [6.45, 7) is 7.80. The number of nitrogens with zero attached hydrogens (tertiary/aromatic N) is 1. The van der Waals surface area contributed by atoms with Gasteiger partial charge in [0, 0.05) is 37.5 Å². The Labute approximate surface area is 166 Å². The van der Waals surface area contributed by atoms with Gasteiger partial charge in [-0.15, -0.1) is 35.7 Å². The highest BCUT2D eigenvalue weighted by molar-refractivity contribution is 14.0. The Balaban J connectivity index is 0.00000529. The fraction of sp³-hybridized carbons (Fsp3) is 0.529. The van der Waals surface area contributed by atoms with E-state index in [9.17, 15) is 4.79 Å². The van der Waals surface area contributed by atoms with Gasteiger partial charge in [0.25, 0.3) is 0 Å². The molecule has 0 aliphatic carbocycles. The maximum absolute atomic E-state index is 11.5. The average Bonchev–Trinajstić information content (AvgIpc) is 2.54. The second-order valence-corrected chi connectivity index (χ2v) is 6.46. The van der Waals surface area contributed by atoms with Crippen molar-refractivity contribution in [1.29, 1.82) is 0 Å². The number of hydrogen-bond acceptors (Lipinski definition) is 3. The van der Waals surface area contributed by atoms with Crippen LogP contribution in [0.15, 0.2) is 28.1 Å². The predicted molar refractivity (Wildman–Crippen MR) is 114 cm³/mol. The van der Waals surface area contributed by atoms with E-state index in [0.29, 0.717) is 19.6 Å². The number of thioether (sulfide) groups is 1. The minimum absolute atomic E-state index is 0. The molecule has 0 spiro atoms. The fourth-order valence-electron chi connectivity index (χ4n) is 1.97. The molecule has 1 aromatic carbocycles. The Hall–Kier alpha value is -0.960. The van der Waals surface area contributed by atoms with E-state index in [0.717, 1.165) is 5.96 Å². The molecular weight excluding hydrogens is 435 g/mol. The summed E-state index contributed by atoms with van der Waals surface area (Å²) in [4.78, 5) is 17.0. The largest absolute Gasteiger partial charge is 0.355 e. The van der Waals surface area contributed by atoms with Crippen LogP contribution in [0.1, 0.15) is 25.0 Å². The standard InChI is InChI=1S/C17H28N4OS.HI/c1-12(2)16(22)19-8-9-20-17(18-4)21-11-14-7-6-13(3)10-15(14)23-5;/h6-7,10,12H,8-9,11H2,1-5H3,(H,19,22)(H2,18,20,21);1H. The van der Waals surface area contributed by atoms with Crippen molar-refractivity contribution in [2.24, 2.45) is 10.9 Å². The van der Waals surface area contributed by atoms with E-state index in [1.54, 1.807) is 18.8 Å². The topological polar surface area (TPSA) is 65.5 Å². The van der Waals surface area contributed by atoms with Gasteiger partial charge in [0.15, 0.2) is 5.96 Å². The molecule has 0 aliphatic rings. The zero-order valence-electron chi connectivity index (χ0n) is 15.1. The zero-order chi connectivity index (χ0) is 17.2. The van der Waals surface area contributed by atoms with Crippen LogP contribution in [0.3, 0.4) is 0 Å². The molecule has 0 saturated heterocycles. The fourth-order valence-corrected chi connectivity index (χ4v) is 2.67. The van der Waals surface area contributed by atoms with Crippen LogP contribution < -0.4 is 16.0 Å². The van der Waals surface area contributed by atoms with Crippen LogP contribution in [0.2, 0.25) is 0 Å². The number of guanidine groups is 1. The smallest absolute Gasteiger partial charge is 0.222 e. The Bertz CT molecular complexity index is 549. The summed E-state index contributed by atoms with van der Waals surface area (Å²) < 4.78 is 0. The van der Waals surface area contributed by atoms with Gasteiger partial charge >= 0.3 is 0 Å². The van der Waals surface area contributed by atoms with Crippen LogP contribution in [-0.2, 0) is 11.3 Å². The molecule has 24 heavy (non-hydrogen) atoms. The molecule has 5 nitrogen and oxygen atoms in total. The first-order valence-electron chi connectivity index (χ1n) is 7.83. The van der Waals surface area contributed by atoms with E-state index in [4.69, 9.17) is 0 Å². The Morgan fingerprint density at radius 3 is 2.46 bits per heavy atom. The third kappa shape index (κ3) is 8.23. The first kappa shape index (κ1) is 23.0. The number of amides is 1. The van der Waals surface area contributed by atoms with Crippen LogP contribution in [0.5, 0.6) is 0 Å². The number of aliphatic imine (C=N–C) groups is 1. The second kappa shape index (κ2) is 12.4. The summed E-state index contributed by atoms with van der Waals surface area (Å²) >= 11 is 1.75. The highest BCUT2D eigenvalue weighted by atomic mass is 127. The van der Waals surface area contributed by atoms with Gasteiger partial charge in [0.2, 0.25) is 5.91 Å². The van der Waals surface area contributed by atoms with Crippen LogP contribution in [0.4, 0.5) is 0 Å². The Kier molecular flexibility index (Phi) is 11.9. The number of rotatable bonds is 7. The molecule has 0 saturated carbocycles. The zero-order valence-corrected chi connectivity index (χ0v) is 18.2. The number of aryl methyl sites for hydroxylation is 1. The lowest BCUT2D eigenvalue weighted by molar-refractivity contribution is -0.123. The lowest BCUT2D eigenvalue weighted by Gasteiger charge is -2.14. The molecule has 1 rings (SSSR count). The van der Waals surface area contributed by atoms with Crippen molar-refractivity contribution in [3.05, 3.63) is 29.3 Å². The molecule has 0 radical (unpaired) electrons. The second-order valence-electron chi connectivity index (χ2n) is 5.61. The van der Waals surface area contributed by atoms with E-state index in [1.807, 2.05) is 13.8 Å². The van der Waals surface area contributed by atoms with Crippen molar-refractivity contribution in [3.63, 3.8) is 0 Å². The van der Waals surface area contributed by atoms with Gasteiger partial charge in [0.05, 0.1) is 0 Å². The monoisotopic (exact) mass is 464 g/mol. The minimum atomic E-state index is 0.